The summed E-state index contributed by atoms with van der Waals surface area (Å²) in [5.74, 6) is -0.399. The Balaban J connectivity index is 1.92. The number of benzene rings is 1. The lowest BCUT2D eigenvalue weighted by molar-refractivity contribution is -0.111. The molecule has 0 radical (unpaired) electrons. The minimum Gasteiger partial charge on any atom is -0.379 e. The number of hydrogen-bond acceptors (Lipinski definition) is 6. The number of aromatic nitrogens is 2. The molecule has 0 bridgehead atoms. The molecule has 1 aromatic heterocycles. The molecule has 0 spiro atoms. The second-order valence-corrected chi connectivity index (χ2v) is 9.90. The number of hydrogen-bond donors (Lipinski definition) is 1. The number of halogens is 1. The van der Waals surface area contributed by atoms with E-state index >= 15 is 0 Å². The van der Waals surface area contributed by atoms with Crippen LogP contribution in [0.4, 0.5) is 11.4 Å². The minimum absolute atomic E-state index is 0.130. The molecule has 180 valence electrons. The van der Waals surface area contributed by atoms with Gasteiger partial charge in [-0.05, 0) is 45.0 Å². The summed E-state index contributed by atoms with van der Waals surface area (Å²) in [7, 11) is -1.98. The van der Waals surface area contributed by atoms with Gasteiger partial charge in [0.1, 0.15) is 5.15 Å². The van der Waals surface area contributed by atoms with E-state index in [4.69, 9.17) is 16.3 Å². The lowest BCUT2D eigenvalue weighted by atomic mass is 10.2. The van der Waals surface area contributed by atoms with Gasteiger partial charge < -0.3 is 15.0 Å². The third kappa shape index (κ3) is 5.57. The molecule has 2 aromatic rings. The number of carbonyl (C=O) groups excluding carboxylic acids is 1. The van der Waals surface area contributed by atoms with Crippen LogP contribution in [0.2, 0.25) is 5.15 Å². The Morgan fingerprint density at radius 3 is 2.52 bits per heavy atom. The third-order valence-corrected chi connectivity index (χ3v) is 7.88. The van der Waals surface area contributed by atoms with E-state index in [9.17, 15) is 13.2 Å². The van der Waals surface area contributed by atoms with Crippen molar-refractivity contribution in [3.05, 3.63) is 40.7 Å². The molecular weight excluding hydrogens is 466 g/mol. The van der Waals surface area contributed by atoms with Gasteiger partial charge in [0.05, 0.1) is 35.2 Å². The average molecular weight is 496 g/mol. The lowest BCUT2D eigenvalue weighted by Gasteiger charge is -2.28. The topological polar surface area (TPSA) is 96.8 Å². The summed E-state index contributed by atoms with van der Waals surface area (Å²) in [6.07, 6.45) is 2.97. The maximum atomic E-state index is 13.1. The van der Waals surface area contributed by atoms with Crippen LogP contribution in [0.3, 0.4) is 0 Å². The van der Waals surface area contributed by atoms with E-state index in [2.05, 4.69) is 10.4 Å². The zero-order valence-corrected chi connectivity index (χ0v) is 20.9. The summed E-state index contributed by atoms with van der Waals surface area (Å²) in [6.45, 7) is 8.54. The van der Waals surface area contributed by atoms with Gasteiger partial charge in [-0.25, -0.2) is 8.42 Å². The zero-order chi connectivity index (χ0) is 24.2. The molecule has 0 saturated carbocycles. The molecule has 1 amide bonds. The predicted molar refractivity (Wildman–Crippen MR) is 130 cm³/mol. The summed E-state index contributed by atoms with van der Waals surface area (Å²) < 4.78 is 34.5. The fourth-order valence-electron chi connectivity index (χ4n) is 3.72. The Labute approximate surface area is 200 Å². The zero-order valence-electron chi connectivity index (χ0n) is 19.3. The summed E-state index contributed by atoms with van der Waals surface area (Å²) in [4.78, 5) is 14.9. The SMILES string of the molecule is CCN(CC)c1ccc(S(=O)(=O)N2CCOCC2)cc1NC(=O)/C=C/c1c(C)nn(C)c1Cl. The monoisotopic (exact) mass is 495 g/mol. The number of ether oxygens (including phenoxy) is 1. The molecule has 0 unspecified atom stereocenters. The van der Waals surface area contributed by atoms with E-state index < -0.39 is 15.9 Å². The quantitative estimate of drug-likeness (QED) is 0.565. The van der Waals surface area contributed by atoms with Crippen LogP contribution in [0.25, 0.3) is 6.08 Å². The van der Waals surface area contributed by atoms with E-state index in [1.165, 1.54) is 21.1 Å². The summed E-state index contributed by atoms with van der Waals surface area (Å²) in [5, 5.41) is 7.51. The molecule has 1 fully saturated rings. The Kier molecular flexibility index (Phi) is 8.17. The van der Waals surface area contributed by atoms with Crippen LogP contribution in [-0.4, -0.2) is 67.8 Å². The van der Waals surface area contributed by atoms with Crippen LogP contribution in [0, 0.1) is 6.92 Å². The fourth-order valence-corrected chi connectivity index (χ4v) is 5.39. The van der Waals surface area contributed by atoms with Gasteiger partial charge in [-0.2, -0.15) is 9.40 Å². The van der Waals surface area contributed by atoms with Crippen LogP contribution >= 0.6 is 11.6 Å². The second-order valence-electron chi connectivity index (χ2n) is 7.60. The molecule has 2 heterocycles. The molecule has 33 heavy (non-hydrogen) atoms. The number of morpholine rings is 1. The molecule has 11 heteroatoms. The van der Waals surface area contributed by atoms with Crippen LogP contribution in [0.5, 0.6) is 0 Å². The fraction of sp³-hybridized carbons (Fsp3) is 0.455. The van der Waals surface area contributed by atoms with Gasteiger partial charge in [0.25, 0.3) is 0 Å². The Morgan fingerprint density at radius 2 is 1.94 bits per heavy atom. The summed E-state index contributed by atoms with van der Waals surface area (Å²) in [6, 6.07) is 4.84. The molecule has 1 aliphatic heterocycles. The molecular formula is C22H30ClN5O4S. The van der Waals surface area contributed by atoms with Gasteiger partial charge in [-0.1, -0.05) is 11.6 Å². The normalized spacial score (nSPS) is 15.2. The van der Waals surface area contributed by atoms with E-state index in [-0.39, 0.29) is 4.90 Å². The van der Waals surface area contributed by atoms with Crippen molar-refractivity contribution in [3.63, 3.8) is 0 Å². The number of amides is 1. The van der Waals surface area contributed by atoms with Crippen LogP contribution in [-0.2, 0) is 26.6 Å². The molecule has 9 nitrogen and oxygen atoms in total. The number of rotatable bonds is 8. The maximum absolute atomic E-state index is 13.1. The highest BCUT2D eigenvalue weighted by atomic mass is 35.5. The van der Waals surface area contributed by atoms with Gasteiger partial charge in [-0.15, -0.1) is 0 Å². The standard InChI is InChI=1S/C22H30ClN5O4S/c1-5-27(6-2)20-9-7-17(33(30,31)28-11-13-32-14-12-28)15-19(20)24-21(29)10-8-18-16(3)25-26(4)22(18)23/h7-10,15H,5-6,11-14H2,1-4H3,(H,24,29)/b10-8+. The first-order chi connectivity index (χ1) is 15.7. The third-order valence-electron chi connectivity index (χ3n) is 5.54. The highest BCUT2D eigenvalue weighted by Gasteiger charge is 2.27. The molecule has 1 N–H and O–H groups in total. The second kappa shape index (κ2) is 10.7. The van der Waals surface area contributed by atoms with Crippen molar-refractivity contribution in [1.82, 2.24) is 14.1 Å². The van der Waals surface area contributed by atoms with Gasteiger partial charge in [0.2, 0.25) is 15.9 Å². The van der Waals surface area contributed by atoms with Crippen molar-refractivity contribution in [2.24, 2.45) is 7.05 Å². The van der Waals surface area contributed by atoms with Gasteiger partial charge >= 0.3 is 0 Å². The average Bonchev–Trinajstić information content (AvgIpc) is 3.05. The van der Waals surface area contributed by atoms with Crippen molar-refractivity contribution in [3.8, 4) is 0 Å². The van der Waals surface area contributed by atoms with E-state index in [0.717, 1.165) is 5.69 Å². The molecule has 1 aliphatic rings. The first-order valence-electron chi connectivity index (χ1n) is 10.8. The minimum atomic E-state index is -3.70. The highest BCUT2D eigenvalue weighted by molar-refractivity contribution is 7.89. The van der Waals surface area contributed by atoms with Gasteiger partial charge in [0.15, 0.2) is 0 Å². The number of carbonyl (C=O) groups is 1. The number of aryl methyl sites for hydroxylation is 2. The number of nitrogens with one attached hydrogen (secondary N) is 1. The van der Waals surface area contributed by atoms with Crippen molar-refractivity contribution in [2.75, 3.05) is 49.6 Å². The number of anilines is 2. The Bertz CT molecular complexity index is 1140. The number of sulfonamides is 1. The summed E-state index contributed by atoms with van der Waals surface area (Å²) in [5.41, 5.74) is 2.53. The predicted octanol–water partition coefficient (Wildman–Crippen LogP) is 2.90. The summed E-state index contributed by atoms with van der Waals surface area (Å²) >= 11 is 6.24. The molecule has 1 saturated heterocycles. The van der Waals surface area contributed by atoms with E-state index in [0.29, 0.717) is 61.5 Å². The largest absolute Gasteiger partial charge is 0.379 e. The Morgan fingerprint density at radius 1 is 1.27 bits per heavy atom. The van der Waals surface area contributed by atoms with Crippen LogP contribution < -0.4 is 10.2 Å². The van der Waals surface area contributed by atoms with Gasteiger partial charge in [0, 0.05) is 44.9 Å². The molecule has 0 atom stereocenters. The lowest BCUT2D eigenvalue weighted by Crippen LogP contribution is -2.40. The van der Waals surface area contributed by atoms with Crippen molar-refractivity contribution < 1.29 is 17.9 Å². The Hall–Kier alpha value is -2.40. The maximum Gasteiger partial charge on any atom is 0.248 e. The van der Waals surface area contributed by atoms with E-state index in [1.807, 2.05) is 25.7 Å². The van der Waals surface area contributed by atoms with Crippen molar-refractivity contribution in [2.45, 2.75) is 25.7 Å². The van der Waals surface area contributed by atoms with Crippen molar-refractivity contribution in [1.29, 1.82) is 0 Å². The van der Waals surface area contributed by atoms with Crippen LogP contribution in [0.15, 0.2) is 29.2 Å². The molecule has 1 aromatic carbocycles. The molecule has 0 aliphatic carbocycles. The van der Waals surface area contributed by atoms with Crippen LogP contribution in [0.1, 0.15) is 25.1 Å². The number of nitrogens with zero attached hydrogens (tertiary/aromatic N) is 4. The first kappa shape index (κ1) is 25.2. The highest BCUT2D eigenvalue weighted by Crippen LogP contribution is 2.31. The first-order valence-corrected chi connectivity index (χ1v) is 12.7. The van der Waals surface area contributed by atoms with E-state index in [1.54, 1.807) is 25.3 Å². The van der Waals surface area contributed by atoms with Gasteiger partial charge in [-0.3, -0.25) is 9.48 Å². The van der Waals surface area contributed by atoms with Crippen molar-refractivity contribution >= 4 is 45.0 Å². The smallest absolute Gasteiger partial charge is 0.248 e. The molecule has 3 rings (SSSR count).